The fraction of sp³-hybridized carbons (Fsp3) is 0.600. The molecule has 0 spiro atoms. The lowest BCUT2D eigenvalue weighted by Crippen LogP contribution is -1.86. The lowest BCUT2D eigenvalue weighted by atomic mass is 10.7. The Labute approximate surface area is 52.7 Å². The van der Waals surface area contributed by atoms with Crippen molar-refractivity contribution < 1.29 is 0 Å². The molecule has 1 aliphatic heterocycles. The second-order valence-electron chi connectivity index (χ2n) is 1.36. The van der Waals surface area contributed by atoms with Crippen molar-refractivity contribution in [2.75, 3.05) is 11.5 Å². The Balaban J connectivity index is 2.40. The molecule has 2 heteroatoms. The van der Waals surface area contributed by atoms with Crippen molar-refractivity contribution in [2.24, 2.45) is 0 Å². The number of rotatable bonds is 0. The maximum absolute atomic E-state index is 3.18. The van der Waals surface area contributed by atoms with Crippen molar-refractivity contribution in [2.45, 2.75) is 6.92 Å². The molecular weight excluding hydrogens is 124 g/mol. The zero-order chi connectivity index (χ0) is 5.11. The molecule has 0 saturated carbocycles. The molecule has 0 N–H and O–H groups in total. The third-order valence-electron chi connectivity index (χ3n) is 0.720. The van der Waals surface area contributed by atoms with Gasteiger partial charge in [-0.25, -0.2) is 0 Å². The average Bonchev–Trinajstić information content (AvgIpc) is 1.69. The molecule has 0 bridgehead atoms. The standard InChI is InChI=1S/C5H7S2/c1-5-4-6-2-3-7-5/h2-3H2,1H3. The fourth-order valence-electron chi connectivity index (χ4n) is 0.419. The minimum atomic E-state index is 1.24. The molecule has 0 saturated heterocycles. The molecule has 1 rings (SSSR count). The second-order valence-corrected chi connectivity index (χ2v) is 3.57. The summed E-state index contributed by atoms with van der Waals surface area (Å²) in [5, 5.41) is 3.18. The van der Waals surface area contributed by atoms with Crippen molar-refractivity contribution in [3.05, 3.63) is 10.3 Å². The monoisotopic (exact) mass is 131 g/mol. The van der Waals surface area contributed by atoms with Gasteiger partial charge in [0, 0.05) is 16.9 Å². The van der Waals surface area contributed by atoms with Gasteiger partial charge in [-0.3, -0.25) is 0 Å². The van der Waals surface area contributed by atoms with Crippen LogP contribution in [0.15, 0.2) is 4.91 Å². The van der Waals surface area contributed by atoms with Crippen LogP contribution in [0.25, 0.3) is 0 Å². The second kappa shape index (κ2) is 2.68. The quantitative estimate of drug-likeness (QED) is 0.494. The summed E-state index contributed by atoms with van der Waals surface area (Å²) in [5.41, 5.74) is 0. The predicted molar refractivity (Wildman–Crippen MR) is 37.3 cm³/mol. The molecular formula is C5H7S2. The Hall–Kier alpha value is 0.440. The summed E-state index contributed by atoms with van der Waals surface area (Å²) >= 11 is 3.70. The molecule has 7 heavy (non-hydrogen) atoms. The number of hydrogen-bond acceptors (Lipinski definition) is 2. The molecule has 0 atom stereocenters. The van der Waals surface area contributed by atoms with Crippen molar-refractivity contribution in [1.82, 2.24) is 0 Å². The minimum Gasteiger partial charge on any atom is -0.129 e. The average molecular weight is 131 g/mol. The van der Waals surface area contributed by atoms with Gasteiger partial charge in [0.25, 0.3) is 0 Å². The van der Waals surface area contributed by atoms with Crippen molar-refractivity contribution in [3.63, 3.8) is 0 Å². The highest BCUT2D eigenvalue weighted by Crippen LogP contribution is 2.24. The molecule has 0 nitrogen and oxygen atoms in total. The van der Waals surface area contributed by atoms with Crippen LogP contribution in [-0.2, 0) is 0 Å². The smallest absolute Gasteiger partial charge is 0.0308 e. The number of thioether (sulfide) groups is 2. The van der Waals surface area contributed by atoms with E-state index in [0.29, 0.717) is 0 Å². The van der Waals surface area contributed by atoms with Crippen LogP contribution >= 0.6 is 23.5 Å². The SMILES string of the molecule is CC1=[C]SCCS1. The van der Waals surface area contributed by atoms with Crippen LogP contribution in [0, 0.1) is 5.41 Å². The van der Waals surface area contributed by atoms with Gasteiger partial charge >= 0.3 is 0 Å². The van der Waals surface area contributed by atoms with Gasteiger partial charge < -0.3 is 0 Å². The fourth-order valence-corrected chi connectivity index (χ4v) is 2.11. The van der Waals surface area contributed by atoms with E-state index in [2.05, 4.69) is 12.3 Å². The Kier molecular flexibility index (Phi) is 2.13. The van der Waals surface area contributed by atoms with Crippen LogP contribution in [0.2, 0.25) is 0 Å². The van der Waals surface area contributed by atoms with Gasteiger partial charge in [-0.15, -0.1) is 23.5 Å². The normalized spacial score (nSPS) is 21.6. The summed E-state index contributed by atoms with van der Waals surface area (Å²) in [7, 11) is 0. The van der Waals surface area contributed by atoms with E-state index in [0.717, 1.165) is 0 Å². The zero-order valence-corrected chi connectivity index (χ0v) is 5.86. The summed E-state index contributed by atoms with van der Waals surface area (Å²) in [6, 6.07) is 0. The summed E-state index contributed by atoms with van der Waals surface area (Å²) < 4.78 is 0. The molecule has 0 aromatic carbocycles. The van der Waals surface area contributed by atoms with E-state index in [4.69, 9.17) is 0 Å². The largest absolute Gasteiger partial charge is 0.129 e. The first-order valence-corrected chi connectivity index (χ1v) is 4.21. The third kappa shape index (κ3) is 1.78. The van der Waals surface area contributed by atoms with Crippen molar-refractivity contribution in [3.8, 4) is 0 Å². The maximum atomic E-state index is 3.18. The molecule has 0 fully saturated rings. The Morgan fingerprint density at radius 3 is 2.71 bits per heavy atom. The lowest BCUT2D eigenvalue weighted by Gasteiger charge is -2.03. The van der Waals surface area contributed by atoms with Crippen molar-refractivity contribution in [1.29, 1.82) is 0 Å². The Morgan fingerprint density at radius 1 is 1.57 bits per heavy atom. The van der Waals surface area contributed by atoms with Gasteiger partial charge in [0.15, 0.2) is 0 Å². The summed E-state index contributed by atoms with van der Waals surface area (Å²) in [4.78, 5) is 1.34. The van der Waals surface area contributed by atoms with E-state index >= 15 is 0 Å². The highest BCUT2D eigenvalue weighted by atomic mass is 32.2. The summed E-state index contributed by atoms with van der Waals surface area (Å²) in [6.45, 7) is 2.11. The molecule has 0 amide bonds. The highest BCUT2D eigenvalue weighted by Gasteiger charge is 1.97. The van der Waals surface area contributed by atoms with Crippen LogP contribution in [0.3, 0.4) is 0 Å². The first-order valence-electron chi connectivity index (χ1n) is 2.24. The molecule has 1 heterocycles. The molecule has 1 radical (unpaired) electrons. The topological polar surface area (TPSA) is 0 Å². The Morgan fingerprint density at radius 2 is 2.43 bits per heavy atom. The van der Waals surface area contributed by atoms with E-state index < -0.39 is 0 Å². The van der Waals surface area contributed by atoms with Crippen LogP contribution in [0.4, 0.5) is 0 Å². The van der Waals surface area contributed by atoms with Gasteiger partial charge in [0.2, 0.25) is 0 Å². The van der Waals surface area contributed by atoms with E-state index in [1.54, 1.807) is 11.8 Å². The van der Waals surface area contributed by atoms with Crippen molar-refractivity contribution >= 4 is 23.5 Å². The van der Waals surface area contributed by atoms with Crippen LogP contribution in [0.5, 0.6) is 0 Å². The molecule has 0 aromatic heterocycles. The molecule has 0 aromatic rings. The van der Waals surface area contributed by atoms with Gasteiger partial charge in [0.05, 0.1) is 0 Å². The van der Waals surface area contributed by atoms with E-state index in [9.17, 15) is 0 Å². The van der Waals surface area contributed by atoms with Crippen LogP contribution in [-0.4, -0.2) is 11.5 Å². The molecule has 0 aliphatic carbocycles. The van der Waals surface area contributed by atoms with Crippen LogP contribution in [0.1, 0.15) is 6.92 Å². The first kappa shape index (κ1) is 5.57. The van der Waals surface area contributed by atoms with Gasteiger partial charge in [-0.2, -0.15) is 0 Å². The highest BCUT2D eigenvalue weighted by molar-refractivity contribution is 8.08. The van der Waals surface area contributed by atoms with Gasteiger partial charge in [-0.1, -0.05) is 0 Å². The maximum Gasteiger partial charge on any atom is 0.0308 e. The van der Waals surface area contributed by atoms with E-state index in [1.807, 2.05) is 11.8 Å². The van der Waals surface area contributed by atoms with Crippen LogP contribution < -0.4 is 0 Å². The lowest BCUT2D eigenvalue weighted by molar-refractivity contribution is 1.52. The first-order chi connectivity index (χ1) is 3.39. The number of hydrogen-bond donors (Lipinski definition) is 0. The van der Waals surface area contributed by atoms with Gasteiger partial charge in [-0.05, 0) is 11.8 Å². The van der Waals surface area contributed by atoms with Gasteiger partial charge in [0.1, 0.15) is 0 Å². The molecule has 39 valence electrons. The predicted octanol–water partition coefficient (Wildman–Crippen LogP) is 2.13. The number of allylic oxidation sites excluding steroid dienone is 1. The van der Waals surface area contributed by atoms with E-state index in [-0.39, 0.29) is 0 Å². The zero-order valence-electron chi connectivity index (χ0n) is 4.23. The third-order valence-corrected chi connectivity index (χ3v) is 2.91. The molecule has 0 unspecified atom stereocenters. The summed E-state index contributed by atoms with van der Waals surface area (Å²) in [6.07, 6.45) is 0. The minimum absolute atomic E-state index is 1.24. The summed E-state index contributed by atoms with van der Waals surface area (Å²) in [5.74, 6) is 2.51. The van der Waals surface area contributed by atoms with E-state index in [1.165, 1.54) is 16.4 Å². The molecule has 1 aliphatic rings. The Bertz CT molecular complexity index is 86.1.